The zero-order valence-electron chi connectivity index (χ0n) is 8.70. The van der Waals surface area contributed by atoms with Crippen molar-refractivity contribution >= 4 is 15.9 Å². The lowest BCUT2D eigenvalue weighted by molar-refractivity contribution is 0.238. The summed E-state index contributed by atoms with van der Waals surface area (Å²) in [5.74, 6) is 0.276. The molecule has 1 rings (SSSR count). The minimum absolute atomic E-state index is 0.0865. The van der Waals surface area contributed by atoms with E-state index in [-0.39, 0.29) is 18.4 Å². The van der Waals surface area contributed by atoms with E-state index in [2.05, 4.69) is 21.2 Å². The topological polar surface area (TPSA) is 52.5 Å². The van der Waals surface area contributed by atoms with Crippen LogP contribution in [0.2, 0.25) is 0 Å². The Kier molecular flexibility index (Phi) is 5.08. The summed E-state index contributed by atoms with van der Waals surface area (Å²) in [6, 6.07) is 5.40. The fraction of sp³-hybridized carbons (Fsp3) is 0.455. The summed E-state index contributed by atoms with van der Waals surface area (Å²) in [6.07, 6.45) is 0.866. The average Bonchev–Trinajstić information content (AvgIpc) is 2.24. The van der Waals surface area contributed by atoms with Gasteiger partial charge in [0.25, 0.3) is 0 Å². The number of rotatable bonds is 5. The van der Waals surface area contributed by atoms with E-state index in [9.17, 15) is 5.11 Å². The van der Waals surface area contributed by atoms with Crippen molar-refractivity contribution in [3.05, 3.63) is 28.2 Å². The Labute approximate surface area is 98.3 Å². The number of aromatic hydroxyl groups is 1. The van der Waals surface area contributed by atoms with E-state index < -0.39 is 0 Å². The minimum atomic E-state index is 0.0865. The van der Waals surface area contributed by atoms with Crippen LogP contribution in [0.1, 0.15) is 18.9 Å². The quantitative estimate of drug-likeness (QED) is 0.770. The number of phenols is 1. The predicted octanol–water partition coefficient (Wildman–Crippen LogP) is 2.02. The molecule has 3 N–H and O–H groups in total. The molecular formula is C11H16BrNO2. The largest absolute Gasteiger partial charge is 0.508 e. The highest BCUT2D eigenvalue weighted by molar-refractivity contribution is 9.10. The van der Waals surface area contributed by atoms with E-state index in [4.69, 9.17) is 5.11 Å². The highest BCUT2D eigenvalue weighted by Gasteiger charge is 2.06. The third-order valence-corrected chi connectivity index (χ3v) is 2.83. The molecule has 0 saturated carbocycles. The fourth-order valence-corrected chi connectivity index (χ4v) is 1.70. The summed E-state index contributed by atoms with van der Waals surface area (Å²) in [4.78, 5) is 0. The first-order valence-corrected chi connectivity index (χ1v) is 5.78. The van der Waals surface area contributed by atoms with E-state index in [1.807, 2.05) is 13.0 Å². The highest BCUT2D eigenvalue weighted by Crippen LogP contribution is 2.21. The first kappa shape index (κ1) is 12.5. The third kappa shape index (κ3) is 3.81. The molecule has 0 aromatic heterocycles. The van der Waals surface area contributed by atoms with Crippen LogP contribution in [-0.2, 0) is 6.54 Å². The van der Waals surface area contributed by atoms with Crippen molar-refractivity contribution in [1.82, 2.24) is 5.32 Å². The SMILES string of the molecule is CC[C@H](CO)NCc1cc(Br)ccc1O. The van der Waals surface area contributed by atoms with Gasteiger partial charge in [0.2, 0.25) is 0 Å². The van der Waals surface area contributed by atoms with Crippen LogP contribution in [0.15, 0.2) is 22.7 Å². The Morgan fingerprint density at radius 3 is 2.80 bits per heavy atom. The maximum atomic E-state index is 9.57. The number of phenolic OH excluding ortho intramolecular Hbond substituents is 1. The summed E-state index contributed by atoms with van der Waals surface area (Å²) in [7, 11) is 0. The van der Waals surface area contributed by atoms with E-state index in [1.165, 1.54) is 0 Å². The van der Waals surface area contributed by atoms with Gasteiger partial charge in [0, 0.05) is 22.6 Å². The maximum Gasteiger partial charge on any atom is 0.120 e. The molecule has 15 heavy (non-hydrogen) atoms. The summed E-state index contributed by atoms with van der Waals surface area (Å²) >= 11 is 3.35. The zero-order valence-corrected chi connectivity index (χ0v) is 10.3. The molecule has 84 valence electrons. The maximum absolute atomic E-state index is 9.57. The standard InChI is InChI=1S/C11H16BrNO2/c1-2-10(7-14)13-6-8-5-9(12)3-4-11(8)15/h3-5,10,13-15H,2,6-7H2,1H3/t10-/m1/s1. The van der Waals surface area contributed by atoms with Crippen molar-refractivity contribution < 1.29 is 10.2 Å². The Hall–Kier alpha value is -0.580. The Morgan fingerprint density at radius 2 is 2.20 bits per heavy atom. The van der Waals surface area contributed by atoms with Crippen molar-refractivity contribution in [2.24, 2.45) is 0 Å². The molecule has 1 atom stereocenters. The first-order valence-electron chi connectivity index (χ1n) is 4.99. The minimum Gasteiger partial charge on any atom is -0.508 e. The van der Waals surface area contributed by atoms with E-state index >= 15 is 0 Å². The zero-order chi connectivity index (χ0) is 11.3. The molecule has 0 aliphatic rings. The second-order valence-electron chi connectivity index (χ2n) is 3.44. The average molecular weight is 274 g/mol. The molecule has 0 fully saturated rings. The highest BCUT2D eigenvalue weighted by atomic mass is 79.9. The lowest BCUT2D eigenvalue weighted by Gasteiger charge is -2.14. The number of nitrogens with one attached hydrogen (secondary N) is 1. The molecule has 0 aliphatic heterocycles. The number of hydrogen-bond acceptors (Lipinski definition) is 3. The van der Waals surface area contributed by atoms with Crippen molar-refractivity contribution in [2.45, 2.75) is 25.9 Å². The fourth-order valence-electron chi connectivity index (χ4n) is 1.29. The lowest BCUT2D eigenvalue weighted by Crippen LogP contribution is -2.31. The van der Waals surface area contributed by atoms with Crippen LogP contribution >= 0.6 is 15.9 Å². The van der Waals surface area contributed by atoms with Crippen LogP contribution in [0.25, 0.3) is 0 Å². The molecule has 3 nitrogen and oxygen atoms in total. The monoisotopic (exact) mass is 273 g/mol. The number of aliphatic hydroxyl groups is 1. The molecule has 4 heteroatoms. The smallest absolute Gasteiger partial charge is 0.120 e. The molecule has 0 spiro atoms. The molecule has 0 bridgehead atoms. The van der Waals surface area contributed by atoms with Crippen molar-refractivity contribution in [2.75, 3.05) is 6.61 Å². The summed E-state index contributed by atoms with van der Waals surface area (Å²) in [6.45, 7) is 2.68. The summed E-state index contributed by atoms with van der Waals surface area (Å²) in [5, 5.41) is 21.7. The van der Waals surface area contributed by atoms with E-state index in [0.717, 1.165) is 16.5 Å². The van der Waals surface area contributed by atoms with Crippen molar-refractivity contribution in [1.29, 1.82) is 0 Å². The van der Waals surface area contributed by atoms with Gasteiger partial charge in [0.15, 0.2) is 0 Å². The lowest BCUT2D eigenvalue weighted by atomic mass is 10.1. The molecule has 0 saturated heterocycles. The van der Waals surface area contributed by atoms with Gasteiger partial charge in [-0.15, -0.1) is 0 Å². The second kappa shape index (κ2) is 6.10. The Bertz CT molecular complexity index is 313. The van der Waals surface area contributed by atoms with Crippen molar-refractivity contribution in [3.63, 3.8) is 0 Å². The Morgan fingerprint density at radius 1 is 1.47 bits per heavy atom. The van der Waals surface area contributed by atoms with E-state index in [0.29, 0.717) is 6.54 Å². The van der Waals surface area contributed by atoms with Crippen molar-refractivity contribution in [3.8, 4) is 5.75 Å². The third-order valence-electron chi connectivity index (χ3n) is 2.34. The van der Waals surface area contributed by atoms with Crippen LogP contribution < -0.4 is 5.32 Å². The Balaban J connectivity index is 2.60. The molecule has 1 aromatic carbocycles. The van der Waals surface area contributed by atoms with Gasteiger partial charge in [0.05, 0.1) is 6.61 Å². The predicted molar refractivity (Wildman–Crippen MR) is 63.8 cm³/mol. The van der Waals surface area contributed by atoms with Crippen LogP contribution in [-0.4, -0.2) is 22.9 Å². The second-order valence-corrected chi connectivity index (χ2v) is 4.36. The van der Waals surface area contributed by atoms with Crippen LogP contribution in [0, 0.1) is 0 Å². The number of halogens is 1. The van der Waals surface area contributed by atoms with Gasteiger partial charge in [-0.05, 0) is 24.6 Å². The summed E-state index contributed by atoms with van der Waals surface area (Å²) < 4.78 is 0.939. The molecule has 0 aliphatic carbocycles. The molecule has 0 heterocycles. The molecule has 0 radical (unpaired) electrons. The van der Waals surface area contributed by atoms with Gasteiger partial charge in [-0.2, -0.15) is 0 Å². The number of benzene rings is 1. The molecule has 0 amide bonds. The van der Waals surface area contributed by atoms with Gasteiger partial charge in [-0.3, -0.25) is 0 Å². The molecule has 1 aromatic rings. The van der Waals surface area contributed by atoms with Gasteiger partial charge in [0.1, 0.15) is 5.75 Å². The van der Waals surface area contributed by atoms with Gasteiger partial charge >= 0.3 is 0 Å². The van der Waals surface area contributed by atoms with Crippen LogP contribution in [0.3, 0.4) is 0 Å². The normalized spacial score (nSPS) is 12.7. The van der Waals surface area contributed by atoms with Gasteiger partial charge in [-0.1, -0.05) is 22.9 Å². The summed E-state index contributed by atoms with van der Waals surface area (Å²) in [5.41, 5.74) is 0.830. The van der Waals surface area contributed by atoms with Gasteiger partial charge in [-0.25, -0.2) is 0 Å². The first-order chi connectivity index (χ1) is 7.17. The molecule has 0 unspecified atom stereocenters. The van der Waals surface area contributed by atoms with E-state index in [1.54, 1.807) is 12.1 Å². The molecular weight excluding hydrogens is 258 g/mol. The number of hydrogen-bond donors (Lipinski definition) is 3. The van der Waals surface area contributed by atoms with Gasteiger partial charge < -0.3 is 15.5 Å². The van der Waals surface area contributed by atoms with Crippen LogP contribution in [0.4, 0.5) is 0 Å². The van der Waals surface area contributed by atoms with Crippen LogP contribution in [0.5, 0.6) is 5.75 Å². The number of aliphatic hydroxyl groups excluding tert-OH is 1.